The highest BCUT2D eigenvalue weighted by atomic mass is 19.1. The molecular formula is C21H23F2N3O5. The van der Waals surface area contributed by atoms with E-state index in [1.165, 1.54) is 19.4 Å². The number of hydrogen-bond donors (Lipinski definition) is 2. The molecule has 10 heteroatoms. The van der Waals surface area contributed by atoms with Crippen LogP contribution in [0, 0.1) is 11.6 Å². The maximum Gasteiger partial charge on any atom is 0.257 e. The molecule has 1 saturated heterocycles. The lowest BCUT2D eigenvalue weighted by Crippen LogP contribution is -2.55. The van der Waals surface area contributed by atoms with Crippen LogP contribution in [0.5, 0.6) is 5.75 Å². The van der Waals surface area contributed by atoms with E-state index in [0.29, 0.717) is 19.2 Å². The smallest absolute Gasteiger partial charge is 0.257 e. The number of pyridine rings is 1. The van der Waals surface area contributed by atoms with Crippen LogP contribution in [0.2, 0.25) is 0 Å². The summed E-state index contributed by atoms with van der Waals surface area (Å²) in [7, 11) is 1.47. The van der Waals surface area contributed by atoms with Crippen LogP contribution in [0.3, 0.4) is 0 Å². The lowest BCUT2D eigenvalue weighted by atomic mass is 10.1. The Labute approximate surface area is 177 Å². The van der Waals surface area contributed by atoms with E-state index < -0.39 is 34.9 Å². The minimum Gasteiger partial charge on any atom is -0.503 e. The summed E-state index contributed by atoms with van der Waals surface area (Å²) in [4.78, 5) is 27.3. The van der Waals surface area contributed by atoms with Crippen LogP contribution in [-0.4, -0.2) is 46.5 Å². The maximum absolute atomic E-state index is 13.8. The minimum absolute atomic E-state index is 0.0664. The quantitative estimate of drug-likeness (QED) is 0.762. The fourth-order valence-electron chi connectivity index (χ4n) is 4.14. The number of halogens is 2. The van der Waals surface area contributed by atoms with Crippen LogP contribution in [0.1, 0.15) is 41.2 Å². The largest absolute Gasteiger partial charge is 0.503 e. The standard InChI is InChI=1S/C21H23F2N3O5/c1-11-5-6-31-16-10-25-9-14(18(27)19(28)17(25)21(30-2)26(11)16)20(29)24-8-12-3-4-13(22)7-15(12)23/h3-4,7,9,11,16,21,28H,5-6,8,10H2,1-2H3,(H,24,29)/t11-,16+,21?/m1/s1. The molecule has 1 aromatic carbocycles. The molecule has 4 rings (SSSR count). The third kappa shape index (κ3) is 3.82. The molecule has 2 N–H and O–H groups in total. The Morgan fingerprint density at radius 3 is 2.87 bits per heavy atom. The number of ether oxygens (including phenoxy) is 2. The number of nitrogens with zero attached hydrogens (tertiary/aromatic N) is 2. The van der Waals surface area contributed by atoms with Gasteiger partial charge in [-0.3, -0.25) is 9.59 Å². The number of hydrogen-bond acceptors (Lipinski definition) is 6. The van der Waals surface area contributed by atoms with Gasteiger partial charge in [-0.1, -0.05) is 6.07 Å². The number of methoxy groups -OCH3 is 1. The van der Waals surface area contributed by atoms with Crippen LogP contribution in [0.4, 0.5) is 8.78 Å². The third-order valence-electron chi connectivity index (χ3n) is 5.76. The first kappa shape index (κ1) is 21.4. The number of benzene rings is 1. The number of fused-ring (bicyclic) bond motifs is 2. The SMILES string of the molecule is COC1c2c(O)c(=O)c(C(=O)NCc3ccc(F)cc3F)cn2C[C@@H]2OCC[C@@H](C)N12. The molecule has 1 unspecified atom stereocenters. The minimum atomic E-state index is -0.852. The van der Waals surface area contributed by atoms with Crippen LogP contribution in [0.15, 0.2) is 29.2 Å². The van der Waals surface area contributed by atoms with Gasteiger partial charge in [-0.15, -0.1) is 0 Å². The van der Waals surface area contributed by atoms with E-state index in [1.807, 2.05) is 11.8 Å². The topological polar surface area (TPSA) is 93.0 Å². The number of rotatable bonds is 4. The van der Waals surface area contributed by atoms with Crippen molar-refractivity contribution in [3.63, 3.8) is 0 Å². The van der Waals surface area contributed by atoms with E-state index >= 15 is 0 Å². The summed E-state index contributed by atoms with van der Waals surface area (Å²) in [6.07, 6.45) is 1.07. The van der Waals surface area contributed by atoms with Gasteiger partial charge in [0.2, 0.25) is 5.43 Å². The van der Waals surface area contributed by atoms with E-state index in [1.54, 1.807) is 4.57 Å². The zero-order valence-corrected chi connectivity index (χ0v) is 17.1. The lowest BCUT2D eigenvalue weighted by Gasteiger charge is -2.48. The van der Waals surface area contributed by atoms with Crippen LogP contribution >= 0.6 is 0 Å². The molecule has 1 fully saturated rings. The normalized spacial score (nSPS) is 23.2. The van der Waals surface area contributed by atoms with Gasteiger partial charge < -0.3 is 24.5 Å². The number of carbonyl (C=O) groups excluding carboxylic acids is 1. The molecule has 1 amide bonds. The van der Waals surface area contributed by atoms with Crippen molar-refractivity contribution in [1.82, 2.24) is 14.8 Å². The Kier molecular flexibility index (Phi) is 5.78. The molecule has 8 nitrogen and oxygen atoms in total. The van der Waals surface area contributed by atoms with Gasteiger partial charge in [0, 0.05) is 37.5 Å². The van der Waals surface area contributed by atoms with E-state index in [2.05, 4.69) is 5.32 Å². The van der Waals surface area contributed by atoms with E-state index in [4.69, 9.17) is 9.47 Å². The third-order valence-corrected chi connectivity index (χ3v) is 5.76. The van der Waals surface area contributed by atoms with Crippen molar-refractivity contribution >= 4 is 5.91 Å². The van der Waals surface area contributed by atoms with Gasteiger partial charge in [0.1, 0.15) is 29.1 Å². The summed E-state index contributed by atoms with van der Waals surface area (Å²) < 4.78 is 39.9. The van der Waals surface area contributed by atoms with Gasteiger partial charge >= 0.3 is 0 Å². The molecule has 0 saturated carbocycles. The molecule has 0 aliphatic carbocycles. The molecule has 2 aliphatic heterocycles. The number of aromatic nitrogens is 1. The first-order valence-corrected chi connectivity index (χ1v) is 9.92. The van der Waals surface area contributed by atoms with Gasteiger partial charge in [0.15, 0.2) is 12.0 Å². The summed E-state index contributed by atoms with van der Waals surface area (Å²) in [5, 5.41) is 13.1. The van der Waals surface area contributed by atoms with Crippen molar-refractivity contribution in [3.8, 4) is 5.75 Å². The molecule has 3 atom stereocenters. The van der Waals surface area contributed by atoms with E-state index in [0.717, 1.165) is 12.5 Å². The van der Waals surface area contributed by atoms with Crippen LogP contribution < -0.4 is 10.7 Å². The highest BCUT2D eigenvalue weighted by molar-refractivity contribution is 5.94. The van der Waals surface area contributed by atoms with Gasteiger partial charge in [0.05, 0.1) is 13.2 Å². The Hall–Kier alpha value is -2.82. The summed E-state index contributed by atoms with van der Waals surface area (Å²) >= 11 is 0. The number of carbonyl (C=O) groups is 1. The van der Waals surface area contributed by atoms with Gasteiger partial charge in [-0.05, 0) is 19.4 Å². The van der Waals surface area contributed by atoms with Gasteiger partial charge in [-0.2, -0.15) is 0 Å². The van der Waals surface area contributed by atoms with E-state index in [9.17, 15) is 23.5 Å². The van der Waals surface area contributed by atoms with E-state index in [-0.39, 0.29) is 35.6 Å². The second-order valence-corrected chi connectivity index (χ2v) is 7.67. The predicted octanol–water partition coefficient (Wildman–Crippen LogP) is 1.86. The highest BCUT2D eigenvalue weighted by Gasteiger charge is 2.42. The summed E-state index contributed by atoms with van der Waals surface area (Å²) in [6, 6.07) is 3.11. The number of aromatic hydroxyl groups is 1. The van der Waals surface area contributed by atoms with Gasteiger partial charge in [-0.25, -0.2) is 13.7 Å². The molecule has 2 aliphatic rings. The summed E-state index contributed by atoms with van der Waals surface area (Å²) in [6.45, 7) is 2.63. The molecule has 3 heterocycles. The lowest BCUT2D eigenvalue weighted by molar-refractivity contribution is -0.212. The monoisotopic (exact) mass is 435 g/mol. The maximum atomic E-state index is 13.8. The average molecular weight is 435 g/mol. The van der Waals surface area contributed by atoms with Crippen molar-refractivity contribution in [2.24, 2.45) is 0 Å². The first-order valence-electron chi connectivity index (χ1n) is 9.92. The highest BCUT2D eigenvalue weighted by Crippen LogP contribution is 2.38. The van der Waals surface area contributed by atoms with Gasteiger partial charge in [0.25, 0.3) is 5.91 Å². The first-order chi connectivity index (χ1) is 14.8. The zero-order chi connectivity index (χ0) is 22.3. The van der Waals surface area contributed by atoms with Crippen molar-refractivity contribution in [3.05, 3.63) is 63.1 Å². The van der Waals surface area contributed by atoms with Crippen molar-refractivity contribution in [1.29, 1.82) is 0 Å². The molecule has 0 bridgehead atoms. The van der Waals surface area contributed by atoms with Crippen molar-refractivity contribution in [2.75, 3.05) is 13.7 Å². The Morgan fingerprint density at radius 2 is 2.16 bits per heavy atom. The molecular weight excluding hydrogens is 412 g/mol. The molecule has 166 valence electrons. The predicted molar refractivity (Wildman–Crippen MR) is 105 cm³/mol. The average Bonchev–Trinajstić information content (AvgIpc) is 2.74. The number of amides is 1. The second kappa shape index (κ2) is 8.37. The molecule has 1 aromatic heterocycles. The summed E-state index contributed by atoms with van der Waals surface area (Å²) in [5.74, 6) is -2.90. The molecule has 2 aromatic rings. The Morgan fingerprint density at radius 1 is 1.39 bits per heavy atom. The zero-order valence-electron chi connectivity index (χ0n) is 17.1. The second-order valence-electron chi connectivity index (χ2n) is 7.67. The van der Waals surface area contributed by atoms with Crippen LogP contribution in [0.25, 0.3) is 0 Å². The summed E-state index contributed by atoms with van der Waals surface area (Å²) in [5.41, 5.74) is -0.829. The Bertz CT molecular complexity index is 1070. The van der Waals surface area contributed by atoms with Crippen molar-refractivity contribution in [2.45, 2.75) is 44.9 Å². The van der Waals surface area contributed by atoms with Crippen LogP contribution in [-0.2, 0) is 22.6 Å². The molecule has 0 spiro atoms. The Balaban J connectivity index is 1.64. The fraction of sp³-hybridized carbons (Fsp3) is 0.429. The molecule has 0 radical (unpaired) electrons. The van der Waals surface area contributed by atoms with Crippen molar-refractivity contribution < 1.29 is 28.2 Å². The fourth-order valence-corrected chi connectivity index (χ4v) is 4.14. The molecule has 31 heavy (non-hydrogen) atoms. The number of nitrogens with one attached hydrogen (secondary N) is 1.